The van der Waals surface area contributed by atoms with Gasteiger partial charge >= 0.3 is 0 Å². The second kappa shape index (κ2) is 13.5. The normalized spacial score (nSPS) is 20.5. The lowest BCUT2D eigenvalue weighted by atomic mass is 9.77. The second-order valence-corrected chi connectivity index (χ2v) is 13.4. The predicted molar refractivity (Wildman–Crippen MR) is 206 cm³/mol. The molecular weight excluding hydrogens is 579 g/mol. The summed E-state index contributed by atoms with van der Waals surface area (Å²) in [6.07, 6.45) is 36.2. The van der Waals surface area contributed by atoms with Gasteiger partial charge in [0.15, 0.2) is 0 Å². The van der Waals surface area contributed by atoms with Crippen LogP contribution in [-0.4, -0.2) is 10.9 Å². The highest BCUT2D eigenvalue weighted by Gasteiger charge is 2.33. The molecule has 0 amide bonds. The Morgan fingerprint density at radius 3 is 2.31 bits per heavy atom. The van der Waals surface area contributed by atoms with E-state index in [1.54, 1.807) is 0 Å². The lowest BCUT2D eigenvalue weighted by Gasteiger charge is -2.42. The Morgan fingerprint density at radius 2 is 1.56 bits per heavy atom. The van der Waals surface area contributed by atoms with E-state index in [2.05, 4.69) is 163 Å². The van der Waals surface area contributed by atoms with Crippen LogP contribution < -0.4 is 0 Å². The molecule has 0 saturated heterocycles. The Bertz CT molecular complexity index is 2070. The number of hydrogen-bond donors (Lipinski definition) is 0. The average molecular weight is 622 g/mol. The zero-order chi connectivity index (χ0) is 32.3. The van der Waals surface area contributed by atoms with Crippen molar-refractivity contribution >= 4 is 27.2 Å². The van der Waals surface area contributed by atoms with Gasteiger partial charge in [0, 0.05) is 23.1 Å². The summed E-state index contributed by atoms with van der Waals surface area (Å²) in [5, 5.41) is 5.31. The van der Waals surface area contributed by atoms with Crippen LogP contribution in [0.15, 0.2) is 181 Å². The smallest absolute Gasteiger partial charge is 0.0557 e. The van der Waals surface area contributed by atoms with Crippen LogP contribution in [0.4, 0.5) is 0 Å². The van der Waals surface area contributed by atoms with Crippen molar-refractivity contribution in [2.75, 3.05) is 0 Å². The Kier molecular flexibility index (Phi) is 8.52. The fraction of sp³-hybridized carbons (Fsp3) is 0.191. The van der Waals surface area contributed by atoms with Crippen molar-refractivity contribution in [3.63, 3.8) is 0 Å². The van der Waals surface area contributed by atoms with Gasteiger partial charge in [0.25, 0.3) is 0 Å². The maximum Gasteiger partial charge on any atom is 0.0557 e. The summed E-state index contributed by atoms with van der Waals surface area (Å²) in [4.78, 5) is 2.69. The molecule has 3 unspecified atom stereocenters. The van der Waals surface area contributed by atoms with Gasteiger partial charge in [-0.05, 0) is 88.9 Å². The van der Waals surface area contributed by atoms with E-state index in [-0.39, 0.29) is 12.0 Å². The van der Waals surface area contributed by atoms with E-state index < -0.39 is 0 Å². The van der Waals surface area contributed by atoms with Gasteiger partial charge in [-0.2, -0.15) is 0 Å². The molecule has 0 bridgehead atoms. The first kappa shape index (κ1) is 30.2. The summed E-state index contributed by atoms with van der Waals surface area (Å²) in [7, 11) is 0. The quantitative estimate of drug-likeness (QED) is 0.102. The standard InChI is InChI=1S/C47H43N/c1-2-3-4-8-23-41(46-42-24-13-9-17-35(42)32-36-18-10-14-25-43(36)46)34-28-30-40(31-29-34)48(39-21-6-5-7-22-39)47-44-26-15-11-19-37(44)33-38-20-12-16-27-45(38)47/h2,5-21,23-28,30,32,37,39,41H,1,3-4,22,29,31,33H2/b23-8+. The largest absolute Gasteiger partial charge is 0.337 e. The number of benzene rings is 4. The molecule has 0 spiro atoms. The Hall–Kier alpha value is -5.14. The maximum absolute atomic E-state index is 3.97. The summed E-state index contributed by atoms with van der Waals surface area (Å²) in [6, 6.07) is 29.6. The third-order valence-corrected chi connectivity index (χ3v) is 10.5. The van der Waals surface area contributed by atoms with Crippen LogP contribution in [0.25, 0.3) is 27.2 Å². The number of unbranched alkanes of at least 4 members (excludes halogenated alkanes) is 1. The first-order valence-corrected chi connectivity index (χ1v) is 17.7. The molecule has 1 heteroatoms. The fourth-order valence-electron chi connectivity index (χ4n) is 8.23. The molecule has 0 fully saturated rings. The minimum Gasteiger partial charge on any atom is -0.337 e. The summed E-state index contributed by atoms with van der Waals surface area (Å²) in [6.45, 7) is 3.97. The minimum atomic E-state index is 0.197. The van der Waals surface area contributed by atoms with Crippen LogP contribution in [0.5, 0.6) is 0 Å². The lowest BCUT2D eigenvalue weighted by molar-refractivity contribution is 0.390. The highest BCUT2D eigenvalue weighted by Crippen LogP contribution is 2.46. The van der Waals surface area contributed by atoms with E-state index in [0.717, 1.165) is 38.5 Å². The molecule has 236 valence electrons. The Morgan fingerprint density at radius 1 is 0.792 bits per heavy atom. The Labute approximate surface area is 285 Å². The van der Waals surface area contributed by atoms with Gasteiger partial charge in [0.05, 0.1) is 11.7 Å². The van der Waals surface area contributed by atoms with Gasteiger partial charge in [-0.25, -0.2) is 0 Å². The third kappa shape index (κ3) is 5.69. The van der Waals surface area contributed by atoms with E-state index in [1.807, 2.05) is 6.08 Å². The molecule has 48 heavy (non-hydrogen) atoms. The number of allylic oxidation sites excluding steroid dienone is 14. The van der Waals surface area contributed by atoms with E-state index in [9.17, 15) is 0 Å². The molecule has 0 saturated carbocycles. The molecule has 4 aliphatic carbocycles. The first-order valence-electron chi connectivity index (χ1n) is 17.7. The molecule has 0 aromatic heterocycles. The maximum atomic E-state index is 3.97. The third-order valence-electron chi connectivity index (χ3n) is 10.5. The molecular formula is C47H43N. The van der Waals surface area contributed by atoms with Crippen LogP contribution in [0, 0.1) is 5.92 Å². The minimum absolute atomic E-state index is 0.197. The molecule has 0 aliphatic heterocycles. The molecule has 4 aliphatic rings. The molecule has 3 atom stereocenters. The molecule has 8 rings (SSSR count). The van der Waals surface area contributed by atoms with Crippen molar-refractivity contribution in [3.8, 4) is 0 Å². The van der Waals surface area contributed by atoms with E-state index in [0.29, 0.717) is 5.92 Å². The van der Waals surface area contributed by atoms with E-state index in [4.69, 9.17) is 0 Å². The van der Waals surface area contributed by atoms with Crippen molar-refractivity contribution in [1.29, 1.82) is 0 Å². The van der Waals surface area contributed by atoms with Gasteiger partial charge in [-0.1, -0.05) is 151 Å². The van der Waals surface area contributed by atoms with Gasteiger partial charge in [0.1, 0.15) is 0 Å². The van der Waals surface area contributed by atoms with E-state index >= 15 is 0 Å². The molecule has 0 radical (unpaired) electrons. The van der Waals surface area contributed by atoms with Crippen LogP contribution in [-0.2, 0) is 6.42 Å². The SMILES string of the molecule is C=CCC/C=C/C(C1=CC=C(N(C2=C3C=CC=CC3Cc3ccccc32)C2C=CC=CC2)CC1)c1c2ccccc2cc2ccccc12. The summed E-state index contributed by atoms with van der Waals surface area (Å²) >= 11 is 0. The fourth-order valence-corrected chi connectivity index (χ4v) is 8.23. The zero-order valence-electron chi connectivity index (χ0n) is 27.6. The number of hydrogen-bond acceptors (Lipinski definition) is 1. The highest BCUT2D eigenvalue weighted by molar-refractivity contribution is 6.03. The topological polar surface area (TPSA) is 3.24 Å². The zero-order valence-corrected chi connectivity index (χ0v) is 27.6. The molecule has 0 heterocycles. The van der Waals surface area contributed by atoms with Gasteiger partial charge in [0.2, 0.25) is 0 Å². The van der Waals surface area contributed by atoms with Crippen molar-refractivity contribution in [2.24, 2.45) is 5.92 Å². The molecule has 1 nitrogen and oxygen atoms in total. The monoisotopic (exact) mass is 621 g/mol. The summed E-state index contributed by atoms with van der Waals surface area (Å²) < 4.78 is 0. The second-order valence-electron chi connectivity index (χ2n) is 13.4. The number of rotatable bonds is 9. The van der Waals surface area contributed by atoms with Gasteiger partial charge in [-0.15, -0.1) is 6.58 Å². The molecule has 4 aromatic carbocycles. The average Bonchev–Trinajstić information content (AvgIpc) is 3.15. The van der Waals surface area contributed by atoms with Crippen LogP contribution in [0.1, 0.15) is 54.7 Å². The van der Waals surface area contributed by atoms with E-state index in [1.165, 1.54) is 60.8 Å². The van der Waals surface area contributed by atoms with Crippen LogP contribution in [0.2, 0.25) is 0 Å². The molecule has 0 N–H and O–H groups in total. The Balaban J connectivity index is 1.27. The summed E-state index contributed by atoms with van der Waals surface area (Å²) in [5.41, 5.74) is 9.97. The number of fused-ring (bicyclic) bond motifs is 4. The van der Waals surface area contributed by atoms with Crippen molar-refractivity contribution < 1.29 is 0 Å². The van der Waals surface area contributed by atoms with Gasteiger partial charge in [-0.3, -0.25) is 0 Å². The van der Waals surface area contributed by atoms with Gasteiger partial charge < -0.3 is 4.90 Å². The first-order chi connectivity index (χ1) is 23.8. The van der Waals surface area contributed by atoms with Crippen molar-refractivity contribution in [3.05, 3.63) is 198 Å². The number of nitrogens with zero attached hydrogens (tertiary/aromatic N) is 1. The van der Waals surface area contributed by atoms with Crippen LogP contribution >= 0.6 is 0 Å². The van der Waals surface area contributed by atoms with Crippen LogP contribution in [0.3, 0.4) is 0 Å². The predicted octanol–water partition coefficient (Wildman–Crippen LogP) is 12.1. The molecule has 4 aromatic rings. The summed E-state index contributed by atoms with van der Waals surface area (Å²) in [5.74, 6) is 0.605. The lowest BCUT2D eigenvalue weighted by Crippen LogP contribution is -2.36. The van der Waals surface area contributed by atoms with Crippen molar-refractivity contribution in [2.45, 2.75) is 50.5 Å². The highest BCUT2D eigenvalue weighted by atomic mass is 15.2. The van der Waals surface area contributed by atoms with Crippen molar-refractivity contribution in [1.82, 2.24) is 4.90 Å².